The van der Waals surface area contributed by atoms with Crippen molar-refractivity contribution in [2.45, 2.75) is 31.7 Å². The first kappa shape index (κ1) is 35.2. The zero-order chi connectivity index (χ0) is 34.7. The third-order valence-corrected chi connectivity index (χ3v) is 11.1. The largest absolute Gasteiger partial charge is 0.494 e. The van der Waals surface area contributed by atoms with E-state index >= 15 is 4.39 Å². The fourth-order valence-electron chi connectivity index (χ4n) is 6.36. The molecule has 3 aromatic rings. The number of halogens is 2. The second kappa shape index (κ2) is 15.1. The molecular formula is C33H44BrFN8O5S. The van der Waals surface area contributed by atoms with Gasteiger partial charge in [-0.1, -0.05) is 0 Å². The van der Waals surface area contributed by atoms with Crippen LogP contribution >= 0.6 is 15.9 Å². The van der Waals surface area contributed by atoms with Crippen LogP contribution in [0.3, 0.4) is 0 Å². The Kier molecular flexibility index (Phi) is 10.9. The zero-order valence-corrected chi connectivity index (χ0v) is 30.7. The lowest BCUT2D eigenvalue weighted by atomic mass is 10.0. The fourth-order valence-corrected chi connectivity index (χ4v) is 7.16. The van der Waals surface area contributed by atoms with Gasteiger partial charge in [0.05, 0.1) is 53.8 Å². The van der Waals surface area contributed by atoms with E-state index in [1.54, 1.807) is 13.3 Å². The minimum Gasteiger partial charge on any atom is -0.494 e. The third-order valence-electron chi connectivity index (χ3n) is 9.32. The number of anilines is 6. The Hall–Kier alpha value is -3.60. The van der Waals surface area contributed by atoms with Crippen molar-refractivity contribution >= 4 is 60.5 Å². The average molecular weight is 764 g/mol. The number of sulfonamides is 1. The van der Waals surface area contributed by atoms with E-state index in [0.29, 0.717) is 47.1 Å². The van der Waals surface area contributed by atoms with E-state index in [4.69, 9.17) is 14.2 Å². The SMILES string of the molecule is COc1cc(N2CCC(N3CCN(C)CC3)CC2)c2cc1Nc1ncc(Br)c(n1)Nc1cc(F)c(cc1N(C)S(C)(=O)=O)OCCCCO2. The molecule has 2 aromatic carbocycles. The van der Waals surface area contributed by atoms with Crippen LogP contribution in [0.25, 0.3) is 0 Å². The van der Waals surface area contributed by atoms with Crippen LogP contribution in [0.15, 0.2) is 34.9 Å². The second-order valence-electron chi connectivity index (χ2n) is 12.7. The summed E-state index contributed by atoms with van der Waals surface area (Å²) in [7, 11) is 1.51. The number of benzene rings is 2. The van der Waals surface area contributed by atoms with Gasteiger partial charge < -0.3 is 34.6 Å². The highest BCUT2D eigenvalue weighted by molar-refractivity contribution is 9.10. The predicted molar refractivity (Wildman–Crippen MR) is 193 cm³/mol. The number of methoxy groups -OCH3 is 1. The van der Waals surface area contributed by atoms with E-state index in [1.807, 2.05) is 12.1 Å². The summed E-state index contributed by atoms with van der Waals surface area (Å²) < 4.78 is 60.0. The van der Waals surface area contributed by atoms with E-state index in [-0.39, 0.29) is 35.5 Å². The van der Waals surface area contributed by atoms with Gasteiger partial charge in [-0.25, -0.2) is 17.8 Å². The molecule has 266 valence electrons. The van der Waals surface area contributed by atoms with E-state index < -0.39 is 15.8 Å². The minimum absolute atomic E-state index is 0.0516. The van der Waals surface area contributed by atoms with Crippen molar-refractivity contribution in [2.75, 3.05) is 99.8 Å². The third kappa shape index (κ3) is 8.24. The predicted octanol–water partition coefficient (Wildman–Crippen LogP) is 5.04. The summed E-state index contributed by atoms with van der Waals surface area (Å²) in [5.74, 6) is 1.13. The monoisotopic (exact) mass is 762 g/mol. The Balaban J connectivity index is 1.31. The van der Waals surface area contributed by atoms with Crippen LogP contribution in [0.5, 0.6) is 17.2 Å². The molecular weight excluding hydrogens is 719 g/mol. The van der Waals surface area contributed by atoms with Gasteiger partial charge in [0.25, 0.3) is 0 Å². The molecule has 0 aliphatic carbocycles. The van der Waals surface area contributed by atoms with Gasteiger partial charge in [-0.3, -0.25) is 9.21 Å². The van der Waals surface area contributed by atoms with Crippen molar-refractivity contribution in [1.29, 1.82) is 0 Å². The molecule has 4 aliphatic rings. The Labute approximate surface area is 295 Å². The van der Waals surface area contributed by atoms with Crippen molar-refractivity contribution in [3.8, 4) is 17.2 Å². The van der Waals surface area contributed by atoms with Gasteiger partial charge in [0.15, 0.2) is 11.6 Å². The molecule has 0 amide bonds. The van der Waals surface area contributed by atoms with Gasteiger partial charge >= 0.3 is 0 Å². The van der Waals surface area contributed by atoms with Crippen molar-refractivity contribution in [2.24, 2.45) is 0 Å². The molecule has 4 aliphatic heterocycles. The lowest BCUT2D eigenvalue weighted by Crippen LogP contribution is -2.52. The van der Waals surface area contributed by atoms with Gasteiger partial charge in [0, 0.05) is 82.8 Å². The summed E-state index contributed by atoms with van der Waals surface area (Å²) in [5, 5.41) is 6.35. The summed E-state index contributed by atoms with van der Waals surface area (Å²) in [6.07, 6.45) is 6.01. The van der Waals surface area contributed by atoms with E-state index in [2.05, 4.69) is 58.3 Å². The van der Waals surface area contributed by atoms with Crippen LogP contribution in [0.1, 0.15) is 25.7 Å². The van der Waals surface area contributed by atoms with Gasteiger partial charge in [-0.2, -0.15) is 4.98 Å². The van der Waals surface area contributed by atoms with Crippen molar-refractivity contribution in [1.82, 2.24) is 19.8 Å². The molecule has 2 fully saturated rings. The molecule has 1 aromatic heterocycles. The number of likely N-dealkylation sites (N-methyl/N-ethyl adjacent to an activating group) is 1. The van der Waals surface area contributed by atoms with Crippen LogP contribution in [-0.4, -0.2) is 114 Å². The maximum absolute atomic E-state index is 15.3. The summed E-state index contributed by atoms with van der Waals surface area (Å²) >= 11 is 3.47. The van der Waals surface area contributed by atoms with E-state index in [1.165, 1.54) is 19.2 Å². The smallest absolute Gasteiger partial charge is 0.232 e. The molecule has 0 atom stereocenters. The molecule has 0 saturated carbocycles. The summed E-state index contributed by atoms with van der Waals surface area (Å²) in [6.45, 7) is 6.88. The first-order valence-corrected chi connectivity index (χ1v) is 19.1. The Morgan fingerprint density at radius 1 is 0.980 bits per heavy atom. The highest BCUT2D eigenvalue weighted by atomic mass is 79.9. The normalized spacial score (nSPS) is 18.4. The number of fused-ring (bicyclic) bond motifs is 7. The molecule has 2 saturated heterocycles. The van der Waals surface area contributed by atoms with Crippen LogP contribution in [0.2, 0.25) is 0 Å². The Bertz CT molecular complexity index is 1750. The number of hydrogen-bond acceptors (Lipinski definition) is 12. The summed E-state index contributed by atoms with van der Waals surface area (Å²) in [5.41, 5.74) is 1.95. The second-order valence-corrected chi connectivity index (χ2v) is 15.5. The van der Waals surface area contributed by atoms with Crippen LogP contribution in [-0.2, 0) is 10.0 Å². The molecule has 0 unspecified atom stereocenters. The fraction of sp³-hybridized carbons (Fsp3) is 0.515. The standard InChI is InChI=1S/C33H44BrFN8O5S/c1-40-11-13-42(14-12-40)22-7-9-43(10-8-22)28-20-30(46-3)26-18-31(28)48-16-6-5-15-47-29-19-27(41(2)49(4,44)45)25(17-24(29)35)37-32-23(34)21-36-33(38-26)39-32/h17-22H,5-16H2,1-4H3,(H2,36,37,38,39). The highest BCUT2D eigenvalue weighted by Gasteiger charge is 2.29. The van der Waals surface area contributed by atoms with Crippen molar-refractivity contribution in [3.05, 3.63) is 40.8 Å². The molecule has 49 heavy (non-hydrogen) atoms. The molecule has 5 heterocycles. The average Bonchev–Trinajstić information content (AvgIpc) is 3.08. The number of nitrogens with one attached hydrogen (secondary N) is 2. The van der Waals surface area contributed by atoms with Gasteiger partial charge in [0.1, 0.15) is 17.3 Å². The molecule has 2 N–H and O–H groups in total. The molecule has 16 heteroatoms. The number of piperidine rings is 1. The topological polar surface area (TPSA) is 125 Å². The van der Waals surface area contributed by atoms with Gasteiger partial charge in [-0.15, -0.1) is 0 Å². The number of nitrogens with zero attached hydrogens (tertiary/aromatic N) is 6. The number of piperazine rings is 1. The number of ether oxygens (including phenoxy) is 3. The van der Waals surface area contributed by atoms with E-state index in [0.717, 1.165) is 68.4 Å². The minimum atomic E-state index is -3.69. The number of rotatable bonds is 5. The lowest BCUT2D eigenvalue weighted by molar-refractivity contribution is 0.0981. The zero-order valence-electron chi connectivity index (χ0n) is 28.3. The maximum atomic E-state index is 15.3. The van der Waals surface area contributed by atoms with Gasteiger partial charge in [0.2, 0.25) is 16.0 Å². The molecule has 0 spiro atoms. The Morgan fingerprint density at radius 2 is 1.67 bits per heavy atom. The van der Waals surface area contributed by atoms with Crippen molar-refractivity contribution < 1.29 is 27.0 Å². The molecule has 0 radical (unpaired) electrons. The summed E-state index contributed by atoms with van der Waals surface area (Å²) in [6, 6.07) is 7.07. The molecule has 13 nitrogen and oxygen atoms in total. The molecule has 6 bridgehead atoms. The summed E-state index contributed by atoms with van der Waals surface area (Å²) in [4.78, 5) is 16.5. The van der Waals surface area contributed by atoms with Crippen molar-refractivity contribution in [3.63, 3.8) is 0 Å². The number of aromatic nitrogens is 2. The lowest BCUT2D eigenvalue weighted by Gasteiger charge is -2.42. The number of hydrogen-bond donors (Lipinski definition) is 2. The first-order valence-electron chi connectivity index (χ1n) is 16.5. The maximum Gasteiger partial charge on any atom is 0.232 e. The van der Waals surface area contributed by atoms with Crippen LogP contribution in [0.4, 0.5) is 38.9 Å². The first-order chi connectivity index (χ1) is 23.5. The highest BCUT2D eigenvalue weighted by Crippen LogP contribution is 2.42. The quantitative estimate of drug-likeness (QED) is 0.362. The van der Waals surface area contributed by atoms with Gasteiger partial charge in [-0.05, 0) is 48.7 Å². The van der Waals surface area contributed by atoms with Crippen LogP contribution < -0.4 is 34.0 Å². The van der Waals surface area contributed by atoms with E-state index in [9.17, 15) is 8.42 Å². The van der Waals surface area contributed by atoms with Crippen LogP contribution in [0, 0.1) is 5.82 Å². The molecule has 7 rings (SSSR count). The Morgan fingerprint density at radius 3 is 2.35 bits per heavy atom.